The Morgan fingerprint density at radius 2 is 1.59 bits per heavy atom. The van der Waals surface area contributed by atoms with E-state index in [2.05, 4.69) is 15.9 Å². The fourth-order valence-corrected chi connectivity index (χ4v) is 4.32. The Bertz CT molecular complexity index is 829. The Balaban J connectivity index is 2.03. The van der Waals surface area contributed by atoms with Gasteiger partial charge in [-0.15, -0.1) is 0 Å². The zero-order chi connectivity index (χ0) is 19.2. The third kappa shape index (κ3) is 4.92. The van der Waals surface area contributed by atoms with Gasteiger partial charge in [-0.25, -0.2) is 4.39 Å². The molecule has 1 aliphatic carbocycles. The van der Waals surface area contributed by atoms with Gasteiger partial charge in [-0.2, -0.15) is 0 Å². The van der Waals surface area contributed by atoms with E-state index in [0.717, 1.165) is 72.5 Å². The van der Waals surface area contributed by atoms with Gasteiger partial charge in [0.15, 0.2) is 0 Å². The molecule has 0 aromatic heterocycles. The quantitative estimate of drug-likeness (QED) is 0.371. The summed E-state index contributed by atoms with van der Waals surface area (Å²) in [5, 5.41) is 20.8. The molecule has 2 aromatic carbocycles. The Hall–Kier alpha value is -1.81. The minimum absolute atomic E-state index is 0.0887. The first kappa shape index (κ1) is 19.9. The second-order valence-electron chi connectivity index (χ2n) is 7.17. The van der Waals surface area contributed by atoms with Crippen molar-refractivity contribution < 1.29 is 14.6 Å². The Labute approximate surface area is 168 Å². The number of phenols is 2. The van der Waals surface area contributed by atoms with Crippen LogP contribution in [-0.2, 0) is 6.42 Å². The number of alkyl halides is 1. The summed E-state index contributed by atoms with van der Waals surface area (Å²) < 4.78 is 14.6. The number of hydrogen-bond acceptors (Lipinski definition) is 2. The van der Waals surface area contributed by atoms with Crippen LogP contribution in [-0.4, -0.2) is 15.5 Å². The molecule has 0 saturated carbocycles. The summed E-state index contributed by atoms with van der Waals surface area (Å²) in [4.78, 5) is 0. The first-order valence-corrected chi connectivity index (χ1v) is 10.8. The van der Waals surface area contributed by atoms with Crippen LogP contribution in [0.3, 0.4) is 0 Å². The molecule has 0 radical (unpaired) electrons. The molecule has 0 unspecified atom stereocenters. The highest BCUT2D eigenvalue weighted by atomic mass is 79.9. The maximum absolute atomic E-state index is 14.6. The van der Waals surface area contributed by atoms with Crippen LogP contribution in [0.1, 0.15) is 61.6 Å². The van der Waals surface area contributed by atoms with Crippen LogP contribution < -0.4 is 0 Å². The lowest BCUT2D eigenvalue weighted by atomic mass is 9.88. The van der Waals surface area contributed by atoms with Gasteiger partial charge in [0.25, 0.3) is 0 Å². The van der Waals surface area contributed by atoms with Crippen molar-refractivity contribution in [3.05, 3.63) is 58.9 Å². The van der Waals surface area contributed by atoms with Crippen LogP contribution in [0.2, 0.25) is 0 Å². The van der Waals surface area contributed by atoms with Gasteiger partial charge in [0.2, 0.25) is 0 Å². The molecule has 144 valence electrons. The number of aryl methyl sites for hydroxylation is 1. The Morgan fingerprint density at radius 3 is 2.41 bits per heavy atom. The average Bonchev–Trinajstić information content (AvgIpc) is 2.82. The molecule has 0 fully saturated rings. The minimum atomic E-state index is -0.290. The lowest BCUT2D eigenvalue weighted by Gasteiger charge is -2.17. The largest absolute Gasteiger partial charge is 0.508 e. The van der Waals surface area contributed by atoms with Crippen LogP contribution in [0.4, 0.5) is 4.39 Å². The van der Waals surface area contributed by atoms with Gasteiger partial charge in [-0.05, 0) is 91.1 Å². The van der Waals surface area contributed by atoms with Gasteiger partial charge in [0.1, 0.15) is 17.3 Å². The summed E-state index contributed by atoms with van der Waals surface area (Å²) in [7, 11) is 0. The van der Waals surface area contributed by atoms with Crippen LogP contribution in [0.25, 0.3) is 11.1 Å². The summed E-state index contributed by atoms with van der Waals surface area (Å²) in [5.41, 5.74) is 4.90. The Kier molecular flexibility index (Phi) is 6.95. The Morgan fingerprint density at radius 1 is 0.852 bits per heavy atom. The number of benzene rings is 2. The van der Waals surface area contributed by atoms with E-state index in [0.29, 0.717) is 5.56 Å². The number of fused-ring (bicyclic) bond motifs is 1. The van der Waals surface area contributed by atoms with E-state index >= 15 is 0 Å². The highest BCUT2D eigenvalue weighted by Crippen LogP contribution is 2.41. The van der Waals surface area contributed by atoms with Crippen LogP contribution in [0, 0.1) is 5.82 Å². The van der Waals surface area contributed by atoms with E-state index in [1.54, 1.807) is 12.1 Å². The summed E-state index contributed by atoms with van der Waals surface area (Å²) in [6.45, 7) is 0. The fraction of sp³-hybridized carbons (Fsp3) is 0.391. The highest BCUT2D eigenvalue weighted by Gasteiger charge is 2.21. The zero-order valence-electron chi connectivity index (χ0n) is 15.5. The summed E-state index contributed by atoms with van der Waals surface area (Å²) >= 11 is 3.47. The van der Waals surface area contributed by atoms with E-state index in [9.17, 15) is 14.6 Å². The standard InChI is InChI=1S/C23H26BrFO2/c24-13-4-2-1-3-7-20-19-11-9-17(26)14-16(19)6-5-8-21(20)22-15-18(27)10-12-23(22)25/h9-12,14-15,26-27H,1-8,13H2. The van der Waals surface area contributed by atoms with E-state index in [1.165, 1.54) is 18.6 Å². The SMILES string of the molecule is Oc1ccc2c(c1)CCCC(c1cc(O)ccc1F)=C2CCCCCCBr. The van der Waals surface area contributed by atoms with Gasteiger partial charge in [0, 0.05) is 10.9 Å². The lowest BCUT2D eigenvalue weighted by molar-refractivity contribution is 0.472. The molecule has 4 heteroatoms. The first-order valence-electron chi connectivity index (χ1n) is 9.69. The summed E-state index contributed by atoms with van der Waals surface area (Å²) in [6.07, 6.45) is 7.94. The van der Waals surface area contributed by atoms with Crippen molar-refractivity contribution in [2.75, 3.05) is 5.33 Å². The molecule has 0 aliphatic heterocycles. The fourth-order valence-electron chi connectivity index (χ4n) is 3.93. The predicted molar refractivity (Wildman–Crippen MR) is 113 cm³/mol. The number of allylic oxidation sites excluding steroid dienone is 2. The number of unbranched alkanes of at least 4 members (excludes halogenated alkanes) is 3. The van der Waals surface area contributed by atoms with Crippen LogP contribution >= 0.6 is 15.9 Å². The van der Waals surface area contributed by atoms with Crippen molar-refractivity contribution in [2.45, 2.75) is 51.4 Å². The maximum Gasteiger partial charge on any atom is 0.130 e. The molecule has 1 aliphatic rings. The smallest absolute Gasteiger partial charge is 0.130 e. The molecular weight excluding hydrogens is 407 g/mol. The van der Waals surface area contributed by atoms with Crippen molar-refractivity contribution in [1.29, 1.82) is 0 Å². The third-order valence-corrected chi connectivity index (χ3v) is 5.80. The predicted octanol–water partition coefficient (Wildman–Crippen LogP) is 6.83. The zero-order valence-corrected chi connectivity index (χ0v) is 17.1. The van der Waals surface area contributed by atoms with Gasteiger partial charge >= 0.3 is 0 Å². The molecule has 0 heterocycles. The number of phenolic OH excluding ortho intramolecular Hbond substituents is 2. The van der Waals surface area contributed by atoms with E-state index < -0.39 is 0 Å². The van der Waals surface area contributed by atoms with E-state index in [4.69, 9.17) is 0 Å². The first-order chi connectivity index (χ1) is 13.1. The van der Waals surface area contributed by atoms with Crippen molar-refractivity contribution >= 4 is 27.1 Å². The molecule has 0 saturated heterocycles. The summed E-state index contributed by atoms with van der Waals surface area (Å²) in [6, 6.07) is 9.79. The van der Waals surface area contributed by atoms with Crippen LogP contribution in [0.5, 0.6) is 11.5 Å². The molecule has 27 heavy (non-hydrogen) atoms. The summed E-state index contributed by atoms with van der Waals surface area (Å²) in [5.74, 6) is 0.0740. The van der Waals surface area contributed by atoms with Gasteiger partial charge < -0.3 is 10.2 Å². The monoisotopic (exact) mass is 432 g/mol. The molecular formula is C23H26BrFO2. The van der Waals surface area contributed by atoms with Crippen molar-refractivity contribution in [3.63, 3.8) is 0 Å². The van der Waals surface area contributed by atoms with Gasteiger partial charge in [-0.1, -0.05) is 34.8 Å². The number of hydrogen-bond donors (Lipinski definition) is 2. The normalized spacial score (nSPS) is 14.1. The van der Waals surface area contributed by atoms with Crippen molar-refractivity contribution in [3.8, 4) is 11.5 Å². The lowest BCUT2D eigenvalue weighted by Crippen LogP contribution is -1.96. The number of rotatable bonds is 7. The van der Waals surface area contributed by atoms with Gasteiger partial charge in [0.05, 0.1) is 0 Å². The second-order valence-corrected chi connectivity index (χ2v) is 7.96. The number of halogens is 2. The van der Waals surface area contributed by atoms with Crippen molar-refractivity contribution in [1.82, 2.24) is 0 Å². The van der Waals surface area contributed by atoms with E-state index in [1.807, 2.05) is 12.1 Å². The topological polar surface area (TPSA) is 40.5 Å². The molecule has 0 amide bonds. The molecule has 2 aromatic rings. The maximum atomic E-state index is 14.6. The number of aromatic hydroxyl groups is 2. The average molecular weight is 433 g/mol. The minimum Gasteiger partial charge on any atom is -0.508 e. The third-order valence-electron chi connectivity index (χ3n) is 5.24. The van der Waals surface area contributed by atoms with Crippen LogP contribution in [0.15, 0.2) is 36.4 Å². The second kappa shape index (κ2) is 9.41. The molecule has 0 spiro atoms. The molecule has 0 bridgehead atoms. The highest BCUT2D eigenvalue weighted by molar-refractivity contribution is 9.09. The molecule has 2 nitrogen and oxygen atoms in total. The van der Waals surface area contributed by atoms with E-state index in [-0.39, 0.29) is 17.3 Å². The molecule has 2 N–H and O–H groups in total. The molecule has 3 rings (SSSR count). The van der Waals surface area contributed by atoms with Gasteiger partial charge in [-0.3, -0.25) is 0 Å². The molecule has 0 atom stereocenters. The van der Waals surface area contributed by atoms with Crippen molar-refractivity contribution in [2.24, 2.45) is 0 Å².